The lowest BCUT2D eigenvalue weighted by atomic mass is 10.2. The number of anilines is 1. The smallest absolute Gasteiger partial charge is 0.257 e. The Hall–Kier alpha value is -2.85. The number of benzene rings is 3. The first kappa shape index (κ1) is 18.0. The van der Waals surface area contributed by atoms with Crippen molar-refractivity contribution in [3.05, 3.63) is 94.8 Å². The molecule has 0 atom stereocenters. The number of para-hydroxylation sites is 2. The molecule has 0 radical (unpaired) electrons. The van der Waals surface area contributed by atoms with Crippen LogP contribution in [-0.2, 0) is 6.42 Å². The maximum atomic E-state index is 13.1. The van der Waals surface area contributed by atoms with Crippen LogP contribution in [0.2, 0.25) is 5.02 Å². The molecule has 132 valence electrons. The highest BCUT2D eigenvalue weighted by atomic mass is 35.5. The Morgan fingerprint density at radius 3 is 2.50 bits per heavy atom. The molecule has 3 aromatic rings. The van der Waals surface area contributed by atoms with Crippen molar-refractivity contribution < 1.29 is 13.9 Å². The number of rotatable bonds is 6. The zero-order chi connectivity index (χ0) is 18.4. The monoisotopic (exact) mass is 369 g/mol. The van der Waals surface area contributed by atoms with Crippen molar-refractivity contribution in [1.29, 1.82) is 0 Å². The van der Waals surface area contributed by atoms with Crippen LogP contribution in [0, 0.1) is 5.82 Å². The van der Waals surface area contributed by atoms with E-state index >= 15 is 0 Å². The van der Waals surface area contributed by atoms with Gasteiger partial charge in [0.05, 0.1) is 22.9 Å². The molecular formula is C21H17ClFNO2. The molecule has 3 rings (SSSR count). The Kier molecular flexibility index (Phi) is 5.87. The van der Waals surface area contributed by atoms with Crippen molar-refractivity contribution in [2.24, 2.45) is 0 Å². The summed E-state index contributed by atoms with van der Waals surface area (Å²) >= 11 is 5.95. The summed E-state index contributed by atoms with van der Waals surface area (Å²) < 4.78 is 19.0. The molecule has 0 aliphatic heterocycles. The topological polar surface area (TPSA) is 38.3 Å². The largest absolute Gasteiger partial charge is 0.491 e. The van der Waals surface area contributed by atoms with Crippen LogP contribution in [0.5, 0.6) is 5.75 Å². The van der Waals surface area contributed by atoms with Gasteiger partial charge in [-0.3, -0.25) is 4.79 Å². The van der Waals surface area contributed by atoms with Crippen LogP contribution in [0.3, 0.4) is 0 Å². The second-order valence-corrected chi connectivity index (χ2v) is 6.07. The van der Waals surface area contributed by atoms with Gasteiger partial charge in [0.1, 0.15) is 11.6 Å². The molecule has 3 aromatic carbocycles. The highest BCUT2D eigenvalue weighted by molar-refractivity contribution is 6.34. The Balaban J connectivity index is 1.67. The van der Waals surface area contributed by atoms with E-state index in [0.717, 1.165) is 12.5 Å². The maximum absolute atomic E-state index is 13.1. The van der Waals surface area contributed by atoms with Gasteiger partial charge in [0.15, 0.2) is 0 Å². The summed E-state index contributed by atoms with van der Waals surface area (Å²) in [6.07, 6.45) is 0.757. The lowest BCUT2D eigenvalue weighted by molar-refractivity contribution is 0.102. The second-order valence-electron chi connectivity index (χ2n) is 5.66. The van der Waals surface area contributed by atoms with Gasteiger partial charge in [-0.15, -0.1) is 0 Å². The molecule has 3 nitrogen and oxygen atoms in total. The van der Waals surface area contributed by atoms with Crippen LogP contribution in [0.15, 0.2) is 72.8 Å². The van der Waals surface area contributed by atoms with E-state index < -0.39 is 11.7 Å². The molecule has 0 saturated heterocycles. The normalized spacial score (nSPS) is 10.4. The molecule has 0 aromatic heterocycles. The standard InChI is InChI=1S/C21H17ClFNO2/c22-18-14-16(23)10-11-17(18)21(25)24-19-8-4-5-9-20(19)26-13-12-15-6-2-1-3-7-15/h1-11,14H,12-13H2,(H,24,25). The Labute approximate surface area is 156 Å². The minimum atomic E-state index is -0.490. The molecule has 1 amide bonds. The number of amides is 1. The summed E-state index contributed by atoms with van der Waals surface area (Å²) in [5.41, 5.74) is 1.91. The molecule has 0 saturated carbocycles. The summed E-state index contributed by atoms with van der Waals surface area (Å²) in [6.45, 7) is 0.480. The number of ether oxygens (including phenoxy) is 1. The molecule has 26 heavy (non-hydrogen) atoms. The van der Waals surface area contributed by atoms with Crippen LogP contribution >= 0.6 is 11.6 Å². The van der Waals surface area contributed by atoms with Crippen molar-refractivity contribution in [3.8, 4) is 5.75 Å². The molecular weight excluding hydrogens is 353 g/mol. The average molecular weight is 370 g/mol. The van der Waals surface area contributed by atoms with Crippen molar-refractivity contribution in [3.63, 3.8) is 0 Å². The summed E-state index contributed by atoms with van der Waals surface area (Å²) in [7, 11) is 0. The predicted octanol–water partition coefficient (Wildman–Crippen LogP) is 5.35. The van der Waals surface area contributed by atoms with E-state index in [0.29, 0.717) is 18.0 Å². The molecule has 1 N–H and O–H groups in total. The van der Waals surface area contributed by atoms with Gasteiger partial charge in [0.2, 0.25) is 0 Å². The summed E-state index contributed by atoms with van der Waals surface area (Å²) in [5, 5.41) is 2.83. The van der Waals surface area contributed by atoms with Gasteiger partial charge in [0, 0.05) is 6.42 Å². The van der Waals surface area contributed by atoms with Crippen LogP contribution < -0.4 is 10.1 Å². The molecule has 0 aliphatic carbocycles. The number of carbonyl (C=O) groups excluding carboxylic acids is 1. The molecule has 0 unspecified atom stereocenters. The zero-order valence-electron chi connectivity index (χ0n) is 13.9. The molecule has 5 heteroatoms. The quantitative estimate of drug-likeness (QED) is 0.635. The van der Waals surface area contributed by atoms with E-state index in [9.17, 15) is 9.18 Å². The molecule has 0 spiro atoms. The Morgan fingerprint density at radius 1 is 1.00 bits per heavy atom. The first-order chi connectivity index (χ1) is 12.6. The molecule has 0 aliphatic rings. The number of hydrogen-bond acceptors (Lipinski definition) is 2. The van der Waals surface area contributed by atoms with E-state index in [1.54, 1.807) is 18.2 Å². The van der Waals surface area contributed by atoms with Crippen molar-refractivity contribution in [2.45, 2.75) is 6.42 Å². The third kappa shape index (κ3) is 4.61. The van der Waals surface area contributed by atoms with E-state index in [1.807, 2.05) is 36.4 Å². The number of hydrogen-bond donors (Lipinski definition) is 1. The first-order valence-corrected chi connectivity index (χ1v) is 8.53. The third-order valence-corrected chi connectivity index (χ3v) is 4.11. The van der Waals surface area contributed by atoms with Gasteiger partial charge < -0.3 is 10.1 Å². The molecule has 0 bridgehead atoms. The number of carbonyl (C=O) groups is 1. The van der Waals surface area contributed by atoms with E-state index in [-0.39, 0.29) is 10.6 Å². The Bertz CT molecular complexity index is 900. The van der Waals surface area contributed by atoms with E-state index in [1.165, 1.54) is 17.7 Å². The highest BCUT2D eigenvalue weighted by Gasteiger charge is 2.13. The van der Waals surface area contributed by atoms with Crippen molar-refractivity contribution in [1.82, 2.24) is 0 Å². The minimum absolute atomic E-state index is 0.0602. The summed E-state index contributed by atoms with van der Waals surface area (Å²) in [5.74, 6) is -0.347. The van der Waals surface area contributed by atoms with Crippen LogP contribution in [0.25, 0.3) is 0 Å². The lowest BCUT2D eigenvalue weighted by Crippen LogP contribution is -2.14. The van der Waals surface area contributed by atoms with Gasteiger partial charge in [-0.1, -0.05) is 54.1 Å². The summed E-state index contributed by atoms with van der Waals surface area (Å²) in [6, 6.07) is 20.8. The number of nitrogens with one attached hydrogen (secondary N) is 1. The van der Waals surface area contributed by atoms with Gasteiger partial charge in [-0.2, -0.15) is 0 Å². The van der Waals surface area contributed by atoms with E-state index in [2.05, 4.69) is 5.32 Å². The predicted molar refractivity (Wildman–Crippen MR) is 101 cm³/mol. The Morgan fingerprint density at radius 2 is 1.73 bits per heavy atom. The molecule has 0 heterocycles. The van der Waals surface area contributed by atoms with Crippen molar-refractivity contribution in [2.75, 3.05) is 11.9 Å². The fourth-order valence-corrected chi connectivity index (χ4v) is 2.74. The van der Waals surface area contributed by atoms with Gasteiger partial charge >= 0.3 is 0 Å². The average Bonchev–Trinajstić information content (AvgIpc) is 2.64. The fraction of sp³-hybridized carbons (Fsp3) is 0.0952. The second kappa shape index (κ2) is 8.50. The first-order valence-electron chi connectivity index (χ1n) is 8.15. The third-order valence-electron chi connectivity index (χ3n) is 3.80. The van der Waals surface area contributed by atoms with E-state index in [4.69, 9.17) is 16.3 Å². The molecule has 0 fully saturated rings. The van der Waals surface area contributed by atoms with Crippen LogP contribution in [0.1, 0.15) is 15.9 Å². The van der Waals surface area contributed by atoms with Gasteiger partial charge in [-0.05, 0) is 35.9 Å². The zero-order valence-corrected chi connectivity index (χ0v) is 14.7. The van der Waals surface area contributed by atoms with Gasteiger partial charge in [-0.25, -0.2) is 4.39 Å². The van der Waals surface area contributed by atoms with Crippen molar-refractivity contribution >= 4 is 23.2 Å². The van der Waals surface area contributed by atoms with Gasteiger partial charge in [0.25, 0.3) is 5.91 Å². The summed E-state index contributed by atoms with van der Waals surface area (Å²) in [4.78, 5) is 12.4. The lowest BCUT2D eigenvalue weighted by Gasteiger charge is -2.13. The highest BCUT2D eigenvalue weighted by Crippen LogP contribution is 2.26. The van der Waals surface area contributed by atoms with Crippen LogP contribution in [-0.4, -0.2) is 12.5 Å². The maximum Gasteiger partial charge on any atom is 0.257 e. The minimum Gasteiger partial charge on any atom is -0.491 e. The fourth-order valence-electron chi connectivity index (χ4n) is 2.48. The van der Waals surface area contributed by atoms with Crippen LogP contribution in [0.4, 0.5) is 10.1 Å². The SMILES string of the molecule is O=C(Nc1ccccc1OCCc1ccccc1)c1ccc(F)cc1Cl. The number of halogens is 2.